The molecule has 0 aliphatic rings. The SMILES string of the molecule is Clc1cc(Cl)cc(Oc2cncc(Br)c2)c1. The zero-order valence-electron chi connectivity index (χ0n) is 7.95. The first-order valence-electron chi connectivity index (χ1n) is 4.38. The number of ether oxygens (including phenoxy) is 1. The van der Waals surface area contributed by atoms with Gasteiger partial charge in [-0.25, -0.2) is 0 Å². The molecular weight excluding hydrogens is 313 g/mol. The second kappa shape index (κ2) is 5.04. The Labute approximate surface area is 111 Å². The third-order valence-electron chi connectivity index (χ3n) is 1.75. The molecule has 0 saturated carbocycles. The summed E-state index contributed by atoms with van der Waals surface area (Å²) in [5.41, 5.74) is 0. The van der Waals surface area contributed by atoms with Gasteiger partial charge in [-0.3, -0.25) is 4.98 Å². The molecule has 16 heavy (non-hydrogen) atoms. The number of hydrogen-bond acceptors (Lipinski definition) is 2. The molecule has 0 saturated heterocycles. The third-order valence-corrected chi connectivity index (χ3v) is 2.62. The van der Waals surface area contributed by atoms with Crippen molar-refractivity contribution in [3.8, 4) is 11.5 Å². The van der Waals surface area contributed by atoms with Crippen LogP contribution in [0.15, 0.2) is 41.1 Å². The van der Waals surface area contributed by atoms with Crippen LogP contribution in [0.1, 0.15) is 0 Å². The van der Waals surface area contributed by atoms with Crippen LogP contribution in [0, 0.1) is 0 Å². The van der Waals surface area contributed by atoms with Gasteiger partial charge >= 0.3 is 0 Å². The summed E-state index contributed by atoms with van der Waals surface area (Å²) in [6.07, 6.45) is 3.29. The van der Waals surface area contributed by atoms with Gasteiger partial charge in [-0.05, 0) is 40.2 Å². The first-order chi connectivity index (χ1) is 7.63. The number of nitrogens with zero attached hydrogens (tertiary/aromatic N) is 1. The summed E-state index contributed by atoms with van der Waals surface area (Å²) >= 11 is 15.0. The second-order valence-corrected chi connectivity index (χ2v) is 4.83. The van der Waals surface area contributed by atoms with E-state index >= 15 is 0 Å². The van der Waals surface area contributed by atoms with Gasteiger partial charge in [0, 0.05) is 20.7 Å². The minimum Gasteiger partial charge on any atom is -0.456 e. The summed E-state index contributed by atoms with van der Waals surface area (Å²) in [6.45, 7) is 0. The topological polar surface area (TPSA) is 22.1 Å². The van der Waals surface area contributed by atoms with Crippen molar-refractivity contribution in [2.45, 2.75) is 0 Å². The van der Waals surface area contributed by atoms with E-state index in [1.54, 1.807) is 30.6 Å². The molecule has 82 valence electrons. The van der Waals surface area contributed by atoms with Crippen molar-refractivity contribution < 1.29 is 4.74 Å². The van der Waals surface area contributed by atoms with Crippen LogP contribution in [-0.2, 0) is 0 Å². The minimum atomic E-state index is 0.533. The van der Waals surface area contributed by atoms with Crippen molar-refractivity contribution in [3.63, 3.8) is 0 Å². The molecule has 0 aliphatic carbocycles. The van der Waals surface area contributed by atoms with E-state index in [1.165, 1.54) is 0 Å². The van der Waals surface area contributed by atoms with Gasteiger partial charge in [-0.15, -0.1) is 0 Å². The highest BCUT2D eigenvalue weighted by Gasteiger charge is 2.01. The van der Waals surface area contributed by atoms with Crippen molar-refractivity contribution >= 4 is 39.1 Å². The van der Waals surface area contributed by atoms with E-state index in [0.717, 1.165) is 4.47 Å². The lowest BCUT2D eigenvalue weighted by Crippen LogP contribution is -1.85. The minimum absolute atomic E-state index is 0.533. The first-order valence-corrected chi connectivity index (χ1v) is 5.93. The van der Waals surface area contributed by atoms with Gasteiger partial charge in [-0.2, -0.15) is 0 Å². The standard InChI is InChI=1S/C11H6BrCl2NO/c12-7-1-11(6-15-5-7)16-10-3-8(13)2-9(14)4-10/h1-6H. The Hall–Kier alpha value is -0.770. The Morgan fingerprint density at radius 1 is 0.938 bits per heavy atom. The summed E-state index contributed by atoms with van der Waals surface area (Å²) in [5.74, 6) is 1.20. The predicted molar refractivity (Wildman–Crippen MR) is 68.5 cm³/mol. The smallest absolute Gasteiger partial charge is 0.146 e. The molecule has 0 aliphatic heterocycles. The summed E-state index contributed by atoms with van der Waals surface area (Å²) in [6, 6.07) is 6.83. The Bertz CT molecular complexity index is 499. The Morgan fingerprint density at radius 2 is 1.62 bits per heavy atom. The van der Waals surface area contributed by atoms with E-state index in [9.17, 15) is 0 Å². The maximum absolute atomic E-state index is 5.86. The summed E-state index contributed by atoms with van der Waals surface area (Å²) in [7, 11) is 0. The molecule has 5 heteroatoms. The molecule has 0 unspecified atom stereocenters. The van der Waals surface area contributed by atoms with Crippen LogP contribution in [0.2, 0.25) is 10.0 Å². The van der Waals surface area contributed by atoms with E-state index in [-0.39, 0.29) is 0 Å². The molecule has 1 heterocycles. The number of rotatable bonds is 2. The molecule has 1 aromatic heterocycles. The van der Waals surface area contributed by atoms with E-state index in [4.69, 9.17) is 27.9 Å². The van der Waals surface area contributed by atoms with Crippen LogP contribution >= 0.6 is 39.1 Å². The summed E-state index contributed by atoms with van der Waals surface area (Å²) in [5, 5.41) is 1.07. The Balaban J connectivity index is 2.27. The van der Waals surface area contributed by atoms with Crippen LogP contribution in [0.4, 0.5) is 0 Å². The second-order valence-electron chi connectivity index (χ2n) is 3.05. The Morgan fingerprint density at radius 3 is 2.25 bits per heavy atom. The highest BCUT2D eigenvalue weighted by Crippen LogP contribution is 2.28. The fourth-order valence-corrected chi connectivity index (χ4v) is 2.02. The molecule has 0 bridgehead atoms. The monoisotopic (exact) mass is 317 g/mol. The fraction of sp³-hybridized carbons (Fsp3) is 0. The molecule has 2 nitrogen and oxygen atoms in total. The van der Waals surface area contributed by atoms with E-state index in [1.807, 2.05) is 6.07 Å². The van der Waals surface area contributed by atoms with E-state index in [2.05, 4.69) is 20.9 Å². The van der Waals surface area contributed by atoms with E-state index in [0.29, 0.717) is 21.5 Å². The molecule has 0 spiro atoms. The molecule has 0 amide bonds. The van der Waals surface area contributed by atoms with Crippen molar-refractivity contribution in [3.05, 3.63) is 51.2 Å². The zero-order valence-corrected chi connectivity index (χ0v) is 11.1. The van der Waals surface area contributed by atoms with Gasteiger partial charge in [0.2, 0.25) is 0 Å². The molecular formula is C11H6BrCl2NO. The fourth-order valence-electron chi connectivity index (χ4n) is 1.17. The average molecular weight is 319 g/mol. The van der Waals surface area contributed by atoms with Crippen molar-refractivity contribution in [1.29, 1.82) is 0 Å². The number of pyridine rings is 1. The summed E-state index contributed by atoms with van der Waals surface area (Å²) in [4.78, 5) is 3.99. The quantitative estimate of drug-likeness (QED) is 0.782. The van der Waals surface area contributed by atoms with Gasteiger partial charge < -0.3 is 4.74 Å². The lowest BCUT2D eigenvalue weighted by atomic mass is 10.3. The molecule has 1 aromatic carbocycles. The molecule has 2 rings (SSSR count). The average Bonchev–Trinajstić information content (AvgIpc) is 2.15. The van der Waals surface area contributed by atoms with Gasteiger partial charge in [0.05, 0.1) is 6.20 Å². The van der Waals surface area contributed by atoms with Crippen molar-refractivity contribution in [2.24, 2.45) is 0 Å². The highest BCUT2D eigenvalue weighted by atomic mass is 79.9. The number of hydrogen-bond donors (Lipinski definition) is 0. The van der Waals surface area contributed by atoms with Gasteiger partial charge in [-0.1, -0.05) is 23.2 Å². The number of aromatic nitrogens is 1. The maximum Gasteiger partial charge on any atom is 0.146 e. The van der Waals surface area contributed by atoms with Crippen LogP contribution in [0.3, 0.4) is 0 Å². The molecule has 0 N–H and O–H groups in total. The van der Waals surface area contributed by atoms with Crippen LogP contribution in [-0.4, -0.2) is 4.98 Å². The van der Waals surface area contributed by atoms with E-state index < -0.39 is 0 Å². The van der Waals surface area contributed by atoms with Crippen LogP contribution < -0.4 is 4.74 Å². The number of benzene rings is 1. The van der Waals surface area contributed by atoms with Crippen LogP contribution in [0.25, 0.3) is 0 Å². The largest absolute Gasteiger partial charge is 0.456 e. The van der Waals surface area contributed by atoms with Crippen LogP contribution in [0.5, 0.6) is 11.5 Å². The van der Waals surface area contributed by atoms with Gasteiger partial charge in [0.25, 0.3) is 0 Å². The third kappa shape index (κ3) is 3.11. The summed E-state index contributed by atoms with van der Waals surface area (Å²) < 4.78 is 6.40. The van der Waals surface area contributed by atoms with Gasteiger partial charge in [0.1, 0.15) is 11.5 Å². The normalized spacial score (nSPS) is 10.2. The van der Waals surface area contributed by atoms with Crippen molar-refractivity contribution in [2.75, 3.05) is 0 Å². The molecule has 2 aromatic rings. The maximum atomic E-state index is 5.86. The zero-order chi connectivity index (χ0) is 11.5. The molecule has 0 radical (unpaired) electrons. The number of halogens is 3. The predicted octanol–water partition coefficient (Wildman–Crippen LogP) is 4.94. The van der Waals surface area contributed by atoms with Crippen molar-refractivity contribution in [1.82, 2.24) is 4.98 Å². The highest BCUT2D eigenvalue weighted by molar-refractivity contribution is 9.10. The van der Waals surface area contributed by atoms with Gasteiger partial charge in [0.15, 0.2) is 0 Å². The first kappa shape index (κ1) is 11.7. The molecule has 0 fully saturated rings. The Kier molecular flexibility index (Phi) is 3.69. The molecule has 0 atom stereocenters. The lowest BCUT2D eigenvalue weighted by molar-refractivity contribution is 0.480. The lowest BCUT2D eigenvalue weighted by Gasteiger charge is -2.06.